The van der Waals surface area contributed by atoms with Gasteiger partial charge in [-0.2, -0.15) is 0 Å². The molecular weight excluding hydrogens is 270 g/mol. The first kappa shape index (κ1) is 13.6. The van der Waals surface area contributed by atoms with Crippen LogP contribution in [0.25, 0.3) is 0 Å². The SMILES string of the molecule is O=C(/C=C\Sc1ccncc1)N[C@H]1CN2CCC1CC2. The zero-order valence-corrected chi connectivity index (χ0v) is 12.2. The fourth-order valence-electron chi connectivity index (χ4n) is 2.95. The molecule has 3 saturated heterocycles. The van der Waals surface area contributed by atoms with Crippen molar-refractivity contribution in [3.8, 4) is 0 Å². The van der Waals surface area contributed by atoms with Crippen molar-refractivity contribution < 1.29 is 4.79 Å². The van der Waals surface area contributed by atoms with Crippen LogP contribution in [0.3, 0.4) is 0 Å². The van der Waals surface area contributed by atoms with Crippen molar-refractivity contribution in [3.63, 3.8) is 0 Å². The summed E-state index contributed by atoms with van der Waals surface area (Å²) >= 11 is 1.53. The number of thioether (sulfide) groups is 1. The average molecular weight is 289 g/mol. The van der Waals surface area contributed by atoms with E-state index in [9.17, 15) is 4.79 Å². The third-order valence-electron chi connectivity index (χ3n) is 4.06. The number of pyridine rings is 1. The lowest BCUT2D eigenvalue weighted by molar-refractivity contribution is -0.118. The van der Waals surface area contributed by atoms with Crippen LogP contribution in [0.15, 0.2) is 40.9 Å². The maximum Gasteiger partial charge on any atom is 0.244 e. The maximum atomic E-state index is 11.9. The highest BCUT2D eigenvalue weighted by atomic mass is 32.2. The van der Waals surface area contributed by atoms with E-state index in [1.165, 1.54) is 37.7 Å². The van der Waals surface area contributed by atoms with Gasteiger partial charge in [-0.05, 0) is 49.4 Å². The number of hydrogen-bond donors (Lipinski definition) is 1. The van der Waals surface area contributed by atoms with Gasteiger partial charge in [-0.1, -0.05) is 11.8 Å². The Morgan fingerprint density at radius 1 is 1.35 bits per heavy atom. The van der Waals surface area contributed by atoms with Gasteiger partial charge >= 0.3 is 0 Å². The molecule has 3 fully saturated rings. The Hall–Kier alpha value is -1.33. The minimum Gasteiger partial charge on any atom is -0.348 e. The fraction of sp³-hybridized carbons (Fsp3) is 0.467. The van der Waals surface area contributed by atoms with Crippen molar-refractivity contribution >= 4 is 17.7 Å². The summed E-state index contributed by atoms with van der Waals surface area (Å²) in [5.74, 6) is 0.690. The molecule has 0 saturated carbocycles. The monoisotopic (exact) mass is 289 g/mol. The van der Waals surface area contributed by atoms with Crippen LogP contribution < -0.4 is 5.32 Å². The zero-order valence-electron chi connectivity index (χ0n) is 11.4. The molecule has 1 atom stereocenters. The van der Waals surface area contributed by atoms with E-state index in [2.05, 4.69) is 15.2 Å². The lowest BCUT2D eigenvalue weighted by atomic mass is 9.84. The lowest BCUT2D eigenvalue weighted by Gasteiger charge is -2.44. The van der Waals surface area contributed by atoms with Gasteiger partial charge < -0.3 is 10.2 Å². The molecule has 3 aliphatic rings. The molecule has 0 spiro atoms. The molecule has 1 amide bonds. The standard InChI is InChI=1S/C15H19N3OS/c19-15(5-10-20-13-1-6-16-7-2-13)17-14-11-18-8-3-12(14)4-9-18/h1-2,5-7,10,12,14H,3-4,8-9,11H2,(H,17,19)/b10-5-/t14-/m0/s1. The molecule has 0 unspecified atom stereocenters. The third kappa shape index (κ3) is 3.41. The second-order valence-corrected chi connectivity index (χ2v) is 6.34. The van der Waals surface area contributed by atoms with Crippen molar-refractivity contribution in [1.82, 2.24) is 15.2 Å². The Bertz CT molecular complexity index is 483. The highest BCUT2D eigenvalue weighted by molar-refractivity contribution is 8.02. The van der Waals surface area contributed by atoms with Crippen LogP contribution >= 0.6 is 11.8 Å². The summed E-state index contributed by atoms with van der Waals surface area (Å²) in [5.41, 5.74) is 0. The fourth-order valence-corrected chi connectivity index (χ4v) is 3.58. The Morgan fingerprint density at radius 3 is 2.75 bits per heavy atom. The van der Waals surface area contributed by atoms with E-state index in [4.69, 9.17) is 0 Å². The van der Waals surface area contributed by atoms with E-state index >= 15 is 0 Å². The Kier molecular flexibility index (Phi) is 4.38. The van der Waals surface area contributed by atoms with Gasteiger partial charge in [0.25, 0.3) is 0 Å². The van der Waals surface area contributed by atoms with E-state index in [0.29, 0.717) is 12.0 Å². The van der Waals surface area contributed by atoms with Gasteiger partial charge in [0.05, 0.1) is 0 Å². The number of fused-ring (bicyclic) bond motifs is 3. The van der Waals surface area contributed by atoms with E-state index < -0.39 is 0 Å². The molecule has 4 heterocycles. The van der Waals surface area contributed by atoms with E-state index in [1.807, 2.05) is 17.5 Å². The summed E-state index contributed by atoms with van der Waals surface area (Å²) in [6.07, 6.45) is 7.58. The molecule has 1 aromatic heterocycles. The molecule has 4 rings (SSSR count). The topological polar surface area (TPSA) is 45.2 Å². The number of piperidine rings is 3. The number of carbonyl (C=O) groups is 1. The molecule has 106 valence electrons. The molecule has 5 heteroatoms. The molecule has 0 aromatic carbocycles. The molecular formula is C15H19N3OS. The van der Waals surface area contributed by atoms with Crippen LogP contribution in [0.4, 0.5) is 0 Å². The first-order valence-electron chi connectivity index (χ1n) is 7.07. The maximum absolute atomic E-state index is 11.9. The number of carbonyl (C=O) groups excluding carboxylic acids is 1. The Labute approximate surface area is 123 Å². The molecule has 2 bridgehead atoms. The second kappa shape index (κ2) is 6.41. The first-order valence-corrected chi connectivity index (χ1v) is 7.95. The summed E-state index contributed by atoms with van der Waals surface area (Å²) < 4.78 is 0. The van der Waals surface area contributed by atoms with Gasteiger partial charge in [0, 0.05) is 36.0 Å². The Morgan fingerprint density at radius 2 is 2.10 bits per heavy atom. The van der Waals surface area contributed by atoms with Crippen molar-refractivity contribution in [2.75, 3.05) is 19.6 Å². The van der Waals surface area contributed by atoms with Gasteiger partial charge in [-0.3, -0.25) is 9.78 Å². The average Bonchev–Trinajstić information content (AvgIpc) is 2.49. The summed E-state index contributed by atoms with van der Waals surface area (Å²) in [5, 5.41) is 4.98. The summed E-state index contributed by atoms with van der Waals surface area (Å²) in [7, 11) is 0. The molecule has 0 aliphatic carbocycles. The smallest absolute Gasteiger partial charge is 0.244 e. The van der Waals surface area contributed by atoms with Crippen LogP contribution in [0.2, 0.25) is 0 Å². The van der Waals surface area contributed by atoms with E-state index in [1.54, 1.807) is 18.5 Å². The van der Waals surface area contributed by atoms with Gasteiger partial charge in [0.2, 0.25) is 5.91 Å². The van der Waals surface area contributed by atoms with Crippen LogP contribution in [0.5, 0.6) is 0 Å². The van der Waals surface area contributed by atoms with Crippen LogP contribution in [-0.4, -0.2) is 41.5 Å². The number of hydrogen-bond acceptors (Lipinski definition) is 4. The largest absolute Gasteiger partial charge is 0.348 e. The Balaban J connectivity index is 1.47. The van der Waals surface area contributed by atoms with Gasteiger partial charge in [-0.25, -0.2) is 0 Å². The summed E-state index contributed by atoms with van der Waals surface area (Å²) in [4.78, 5) is 19.4. The number of rotatable bonds is 4. The number of amides is 1. The van der Waals surface area contributed by atoms with Crippen molar-refractivity contribution in [3.05, 3.63) is 36.0 Å². The molecule has 20 heavy (non-hydrogen) atoms. The molecule has 3 aliphatic heterocycles. The zero-order chi connectivity index (χ0) is 13.8. The predicted octanol–water partition coefficient (Wildman–Crippen LogP) is 1.90. The van der Waals surface area contributed by atoms with Crippen LogP contribution in [0, 0.1) is 5.92 Å². The van der Waals surface area contributed by atoms with Crippen molar-refractivity contribution in [2.45, 2.75) is 23.8 Å². The molecule has 4 nitrogen and oxygen atoms in total. The van der Waals surface area contributed by atoms with Gasteiger partial charge in [0.1, 0.15) is 0 Å². The van der Waals surface area contributed by atoms with Gasteiger partial charge in [0.15, 0.2) is 0 Å². The number of nitrogens with zero attached hydrogens (tertiary/aromatic N) is 2. The summed E-state index contributed by atoms with van der Waals surface area (Å²) in [6.45, 7) is 3.41. The quantitative estimate of drug-likeness (QED) is 0.679. The number of aromatic nitrogens is 1. The lowest BCUT2D eigenvalue weighted by Crippen LogP contribution is -2.57. The summed E-state index contributed by atoms with van der Waals surface area (Å²) in [6, 6.07) is 4.20. The van der Waals surface area contributed by atoms with Crippen molar-refractivity contribution in [2.24, 2.45) is 5.92 Å². The van der Waals surface area contributed by atoms with E-state index in [-0.39, 0.29) is 5.91 Å². The van der Waals surface area contributed by atoms with Crippen LogP contribution in [0.1, 0.15) is 12.8 Å². The van der Waals surface area contributed by atoms with Crippen molar-refractivity contribution in [1.29, 1.82) is 0 Å². The molecule has 0 radical (unpaired) electrons. The molecule has 1 N–H and O–H groups in total. The first-order chi connectivity index (χ1) is 9.81. The van der Waals surface area contributed by atoms with Gasteiger partial charge in [-0.15, -0.1) is 0 Å². The van der Waals surface area contributed by atoms with E-state index in [0.717, 1.165) is 11.4 Å². The normalized spacial score (nSPS) is 28.7. The van der Waals surface area contributed by atoms with Crippen LogP contribution in [-0.2, 0) is 4.79 Å². The second-order valence-electron chi connectivity index (χ2n) is 5.36. The predicted molar refractivity (Wildman–Crippen MR) is 80.3 cm³/mol. The molecule has 1 aromatic rings. The highest BCUT2D eigenvalue weighted by Gasteiger charge is 2.34. The number of nitrogens with one attached hydrogen (secondary N) is 1. The minimum absolute atomic E-state index is 0.0188. The highest BCUT2D eigenvalue weighted by Crippen LogP contribution is 2.27. The third-order valence-corrected chi connectivity index (χ3v) is 4.87. The minimum atomic E-state index is 0.0188.